The van der Waals surface area contributed by atoms with E-state index in [0.29, 0.717) is 0 Å². The zero-order valence-corrected chi connectivity index (χ0v) is 19.1. The molecule has 0 radical (unpaired) electrons. The molecule has 0 saturated heterocycles. The maximum absolute atomic E-state index is 10.4. The van der Waals surface area contributed by atoms with Gasteiger partial charge in [-0.3, -0.25) is 4.79 Å². The van der Waals surface area contributed by atoms with Crippen LogP contribution in [0.4, 0.5) is 0 Å². The van der Waals surface area contributed by atoms with Crippen molar-refractivity contribution in [2.45, 2.75) is 25.6 Å². The van der Waals surface area contributed by atoms with Gasteiger partial charge in [0.1, 0.15) is 0 Å². The lowest BCUT2D eigenvalue weighted by atomic mass is 10.1. The van der Waals surface area contributed by atoms with Crippen molar-refractivity contribution in [3.8, 4) is 0 Å². The average molecular weight is 578 g/mol. The molecule has 0 atom stereocenters. The molecule has 0 unspecified atom stereocenters. The Kier molecular flexibility index (Phi) is 8.83. The van der Waals surface area contributed by atoms with Gasteiger partial charge in [0.15, 0.2) is 8.67 Å². The van der Waals surface area contributed by atoms with Crippen molar-refractivity contribution in [3.63, 3.8) is 0 Å². The van der Waals surface area contributed by atoms with Gasteiger partial charge in [0.2, 0.25) is 12.5 Å². The molecule has 132 valence electrons. The minimum Gasteiger partial charge on any atom is -0.427 e. The lowest BCUT2D eigenvalue weighted by Gasteiger charge is -2.49. The number of hydrogen-bond donors (Lipinski definition) is 0. The Bertz CT molecular complexity index is 423. The Hall–Kier alpha value is 3.24. The third-order valence-corrected chi connectivity index (χ3v) is 10.3. The largest absolute Gasteiger partial charge is 0.427 e. The highest BCUT2D eigenvalue weighted by Crippen LogP contribution is 2.68. The monoisotopic (exact) mass is 572 g/mol. The number of ether oxygens (including phenoxy) is 1. The number of alkyl halides is 13. The Balaban J connectivity index is 6.16. The van der Waals surface area contributed by atoms with Crippen molar-refractivity contribution in [2.24, 2.45) is 0 Å². The lowest BCUT2D eigenvalue weighted by molar-refractivity contribution is -0.132. The molecule has 2 nitrogen and oxygen atoms in total. The predicted octanol–water partition coefficient (Wildman–Crippen LogP) is 7.36. The van der Waals surface area contributed by atoms with Gasteiger partial charge in [-0.2, -0.15) is 0 Å². The van der Waals surface area contributed by atoms with Gasteiger partial charge in [-0.05, 0) is 0 Å². The summed E-state index contributed by atoms with van der Waals surface area (Å²) in [5.74, 6) is 0. The highest BCUT2D eigenvalue weighted by atomic mass is 35.6. The number of carbonyl (C=O) groups excluding carboxylic acids is 1. The van der Waals surface area contributed by atoms with Crippen molar-refractivity contribution in [1.29, 1.82) is 0 Å². The minimum atomic E-state index is -2.84. The van der Waals surface area contributed by atoms with Crippen LogP contribution in [0.2, 0.25) is 0 Å². The van der Waals surface area contributed by atoms with Gasteiger partial charge in [0.05, 0.1) is 0 Å². The molecule has 0 fully saturated rings. The quantitative estimate of drug-likeness (QED) is 0.244. The molecule has 0 aromatic heterocycles. The van der Waals surface area contributed by atoms with Gasteiger partial charge in [0, 0.05) is 0 Å². The van der Waals surface area contributed by atoms with Crippen LogP contribution in [-0.2, 0) is 9.53 Å². The standard InChI is InChI=1S/C7HCl13O2/c8-2(9,4(12,13)6(16,17)18)3(10,11)5(14,15)7(19,20)22-1-21/h1H. The van der Waals surface area contributed by atoms with Gasteiger partial charge in [-0.25, -0.2) is 0 Å². The van der Waals surface area contributed by atoms with E-state index in [1.54, 1.807) is 0 Å². The molecule has 0 rings (SSSR count). The first kappa shape index (κ1) is 25.2. The summed E-state index contributed by atoms with van der Waals surface area (Å²) in [7, 11) is 0. The molecular formula is C7HCl13O2. The SMILES string of the molecule is O=COC(Cl)(Cl)C(Cl)(Cl)C(Cl)(Cl)C(Cl)(Cl)C(Cl)(Cl)C(Cl)(Cl)Cl. The van der Waals surface area contributed by atoms with Gasteiger partial charge in [-0.1, -0.05) is 151 Å². The molecule has 0 aliphatic rings. The summed E-state index contributed by atoms with van der Waals surface area (Å²) in [6, 6.07) is 0. The van der Waals surface area contributed by atoms with Crippen LogP contribution in [0.15, 0.2) is 0 Å². The third kappa shape index (κ3) is 4.21. The molecule has 0 heterocycles. The summed E-state index contributed by atoms with van der Waals surface area (Å²) in [5, 5.41) is 0. The number of halogens is 13. The molecule has 0 amide bonds. The van der Waals surface area contributed by atoms with E-state index in [1.165, 1.54) is 0 Å². The van der Waals surface area contributed by atoms with Crippen LogP contribution in [-0.4, -0.2) is 32.1 Å². The van der Waals surface area contributed by atoms with Crippen LogP contribution in [0.5, 0.6) is 0 Å². The second-order valence-electron chi connectivity index (χ2n) is 3.53. The first-order chi connectivity index (χ1) is 9.31. The zero-order valence-electron chi connectivity index (χ0n) is 9.31. The van der Waals surface area contributed by atoms with Gasteiger partial charge < -0.3 is 4.74 Å². The zero-order chi connectivity index (χ0) is 18.4. The fourth-order valence-corrected chi connectivity index (χ4v) is 4.31. The van der Waals surface area contributed by atoms with E-state index in [9.17, 15) is 4.79 Å². The fourth-order valence-electron chi connectivity index (χ4n) is 0.890. The molecule has 0 spiro atoms. The van der Waals surface area contributed by atoms with E-state index < -0.39 is 25.6 Å². The molecule has 0 aromatic rings. The maximum atomic E-state index is 10.4. The highest BCUT2D eigenvalue weighted by molar-refractivity contribution is 6.82. The van der Waals surface area contributed by atoms with Crippen LogP contribution in [0.3, 0.4) is 0 Å². The number of carbonyl (C=O) groups is 1. The van der Waals surface area contributed by atoms with E-state index in [-0.39, 0.29) is 6.47 Å². The summed E-state index contributed by atoms with van der Waals surface area (Å²) < 4.78 is -12.1. The van der Waals surface area contributed by atoms with Crippen molar-refractivity contribution in [1.82, 2.24) is 0 Å². The lowest BCUT2D eigenvalue weighted by Crippen LogP contribution is -2.66. The molecule has 22 heavy (non-hydrogen) atoms. The number of hydrogen-bond acceptors (Lipinski definition) is 2. The summed E-state index contributed by atoms with van der Waals surface area (Å²) in [4.78, 5) is 10.4. The molecule has 0 aliphatic carbocycles. The number of rotatable bonds is 6. The normalized spacial score (nSPS) is 15.7. The van der Waals surface area contributed by atoms with Gasteiger partial charge in [-0.15, -0.1) is 0 Å². The summed E-state index contributed by atoms with van der Waals surface area (Å²) in [5.41, 5.74) is 0. The van der Waals surface area contributed by atoms with E-state index in [2.05, 4.69) is 4.74 Å². The van der Waals surface area contributed by atoms with E-state index >= 15 is 0 Å². The van der Waals surface area contributed by atoms with Crippen LogP contribution < -0.4 is 0 Å². The summed E-state index contributed by atoms with van der Waals surface area (Å²) in [6.07, 6.45) is 0. The Morgan fingerprint density at radius 1 is 0.545 bits per heavy atom. The molecule has 0 N–H and O–H groups in total. The van der Waals surface area contributed by atoms with Crippen molar-refractivity contribution >= 4 is 157 Å². The van der Waals surface area contributed by atoms with E-state index in [1.807, 2.05) is 0 Å². The van der Waals surface area contributed by atoms with Crippen molar-refractivity contribution in [3.05, 3.63) is 0 Å². The topological polar surface area (TPSA) is 26.3 Å². The first-order valence-corrected chi connectivity index (χ1v) is 9.30. The Morgan fingerprint density at radius 2 is 0.864 bits per heavy atom. The van der Waals surface area contributed by atoms with Crippen LogP contribution in [0.1, 0.15) is 0 Å². The highest BCUT2D eigenvalue weighted by Gasteiger charge is 2.77. The van der Waals surface area contributed by atoms with Gasteiger partial charge >= 0.3 is 0 Å². The molecule has 0 saturated carbocycles. The maximum Gasteiger partial charge on any atom is 0.297 e. The van der Waals surface area contributed by atoms with Crippen LogP contribution in [0, 0.1) is 0 Å². The van der Waals surface area contributed by atoms with Crippen LogP contribution >= 0.6 is 151 Å². The predicted molar refractivity (Wildman–Crippen MR) is 99.6 cm³/mol. The molecule has 0 aromatic carbocycles. The van der Waals surface area contributed by atoms with E-state index in [0.717, 1.165) is 0 Å². The summed E-state index contributed by atoms with van der Waals surface area (Å²) >= 11 is 75.3. The molecule has 15 heteroatoms. The van der Waals surface area contributed by atoms with Gasteiger partial charge in [0.25, 0.3) is 11.0 Å². The molecule has 0 bridgehead atoms. The Labute approximate surface area is 190 Å². The minimum absolute atomic E-state index is 0.197. The van der Waals surface area contributed by atoms with Crippen molar-refractivity contribution < 1.29 is 9.53 Å². The molecule has 0 aliphatic heterocycles. The smallest absolute Gasteiger partial charge is 0.297 e. The van der Waals surface area contributed by atoms with Crippen molar-refractivity contribution in [2.75, 3.05) is 0 Å². The summed E-state index contributed by atoms with van der Waals surface area (Å²) in [6.45, 7) is -0.197. The average Bonchev–Trinajstić information content (AvgIpc) is 2.26. The first-order valence-electron chi connectivity index (χ1n) is 4.38. The fraction of sp³-hybridized carbons (Fsp3) is 0.857. The third-order valence-electron chi connectivity index (χ3n) is 2.10. The molecular weight excluding hydrogens is 577 g/mol. The van der Waals surface area contributed by atoms with E-state index in [4.69, 9.17) is 151 Å². The Morgan fingerprint density at radius 3 is 1.14 bits per heavy atom. The van der Waals surface area contributed by atoms with Crippen LogP contribution in [0.25, 0.3) is 0 Å². The second kappa shape index (κ2) is 7.70. The second-order valence-corrected chi connectivity index (χ2v) is 12.4.